The standard InChI is InChI=1S/C20H25N5O3/c1-12-8-13(2)25(24-12)11-20(5-6-20)10-21-18(26)16-14(3)22-19(27)23-17(16)15-4-7-28-9-15/h4,7-9,17H,5-6,10-11H2,1-3H3,(H,21,26)(H2,22,23,27). The Morgan fingerprint density at radius 2 is 2.18 bits per heavy atom. The van der Waals surface area contributed by atoms with Crippen LogP contribution in [0.3, 0.4) is 0 Å². The largest absolute Gasteiger partial charge is 0.472 e. The van der Waals surface area contributed by atoms with E-state index in [9.17, 15) is 9.59 Å². The van der Waals surface area contributed by atoms with E-state index in [1.54, 1.807) is 19.3 Å². The van der Waals surface area contributed by atoms with Crippen LogP contribution >= 0.6 is 0 Å². The van der Waals surface area contributed by atoms with Gasteiger partial charge in [0, 0.05) is 35.5 Å². The summed E-state index contributed by atoms with van der Waals surface area (Å²) in [7, 11) is 0. The Morgan fingerprint density at radius 3 is 2.79 bits per heavy atom. The summed E-state index contributed by atoms with van der Waals surface area (Å²) < 4.78 is 7.16. The van der Waals surface area contributed by atoms with E-state index in [0.29, 0.717) is 17.8 Å². The molecule has 4 rings (SSSR count). The molecule has 8 heteroatoms. The number of hydrogen-bond donors (Lipinski definition) is 3. The Kier molecular flexibility index (Phi) is 4.49. The maximum atomic E-state index is 13.0. The molecule has 1 aliphatic heterocycles. The second-order valence-electron chi connectivity index (χ2n) is 7.89. The van der Waals surface area contributed by atoms with E-state index in [-0.39, 0.29) is 17.4 Å². The third-order valence-corrected chi connectivity index (χ3v) is 5.56. The van der Waals surface area contributed by atoms with Crippen LogP contribution in [0.2, 0.25) is 0 Å². The van der Waals surface area contributed by atoms with Gasteiger partial charge in [-0.3, -0.25) is 9.48 Å². The third-order valence-electron chi connectivity index (χ3n) is 5.56. The Bertz CT molecular complexity index is 937. The predicted molar refractivity (Wildman–Crippen MR) is 102 cm³/mol. The molecule has 1 aliphatic carbocycles. The Labute approximate surface area is 163 Å². The number of amides is 3. The third kappa shape index (κ3) is 3.54. The molecule has 3 N–H and O–H groups in total. The minimum absolute atomic E-state index is 0.0455. The average molecular weight is 383 g/mol. The van der Waals surface area contributed by atoms with Crippen molar-refractivity contribution >= 4 is 11.9 Å². The Balaban J connectivity index is 1.47. The maximum absolute atomic E-state index is 13.0. The molecule has 2 aromatic rings. The van der Waals surface area contributed by atoms with Crippen molar-refractivity contribution in [2.75, 3.05) is 6.54 Å². The van der Waals surface area contributed by atoms with Crippen LogP contribution in [0.15, 0.2) is 40.3 Å². The predicted octanol–water partition coefficient (Wildman–Crippen LogP) is 2.32. The molecule has 0 radical (unpaired) electrons. The molecule has 1 fully saturated rings. The molecule has 3 heterocycles. The van der Waals surface area contributed by atoms with Gasteiger partial charge in [-0.1, -0.05) is 0 Å². The summed E-state index contributed by atoms with van der Waals surface area (Å²) in [4.78, 5) is 24.9. The van der Waals surface area contributed by atoms with E-state index < -0.39 is 6.04 Å². The lowest BCUT2D eigenvalue weighted by Crippen LogP contribution is -2.47. The summed E-state index contributed by atoms with van der Waals surface area (Å²) in [5.41, 5.74) is 3.98. The van der Waals surface area contributed by atoms with Crippen LogP contribution in [-0.2, 0) is 11.3 Å². The van der Waals surface area contributed by atoms with Crippen LogP contribution in [0.1, 0.15) is 42.8 Å². The normalized spacial score (nSPS) is 20.5. The van der Waals surface area contributed by atoms with Crippen molar-refractivity contribution in [1.82, 2.24) is 25.7 Å². The van der Waals surface area contributed by atoms with E-state index in [4.69, 9.17) is 4.42 Å². The highest BCUT2D eigenvalue weighted by Gasteiger charge is 2.44. The molecule has 1 saturated carbocycles. The molecule has 28 heavy (non-hydrogen) atoms. The van der Waals surface area contributed by atoms with Crippen molar-refractivity contribution in [3.05, 3.63) is 52.9 Å². The first-order valence-electron chi connectivity index (χ1n) is 9.46. The van der Waals surface area contributed by atoms with Gasteiger partial charge < -0.3 is 20.4 Å². The molecule has 0 aromatic carbocycles. The van der Waals surface area contributed by atoms with E-state index in [1.165, 1.54) is 6.26 Å². The molecular formula is C20H25N5O3. The fourth-order valence-electron chi connectivity index (χ4n) is 3.77. The average Bonchev–Trinajstić information content (AvgIpc) is 3.03. The van der Waals surface area contributed by atoms with Gasteiger partial charge in [-0.25, -0.2) is 4.79 Å². The van der Waals surface area contributed by atoms with E-state index >= 15 is 0 Å². The number of carbonyl (C=O) groups excluding carboxylic acids is 2. The molecular weight excluding hydrogens is 358 g/mol. The van der Waals surface area contributed by atoms with Crippen molar-refractivity contribution in [3.63, 3.8) is 0 Å². The molecule has 0 spiro atoms. The molecule has 1 atom stereocenters. The Hall–Kier alpha value is -3.03. The number of aromatic nitrogens is 2. The number of nitrogens with zero attached hydrogens (tertiary/aromatic N) is 2. The number of allylic oxidation sites excluding steroid dienone is 1. The number of aryl methyl sites for hydroxylation is 2. The summed E-state index contributed by atoms with van der Waals surface area (Å²) in [6.07, 6.45) is 5.19. The van der Waals surface area contributed by atoms with Crippen molar-refractivity contribution in [3.8, 4) is 0 Å². The van der Waals surface area contributed by atoms with Gasteiger partial charge in [-0.15, -0.1) is 0 Å². The Morgan fingerprint density at radius 1 is 1.39 bits per heavy atom. The van der Waals surface area contributed by atoms with Crippen molar-refractivity contribution in [2.45, 2.75) is 46.2 Å². The van der Waals surface area contributed by atoms with Crippen LogP contribution in [0.5, 0.6) is 0 Å². The van der Waals surface area contributed by atoms with E-state index in [1.807, 2.05) is 11.6 Å². The van der Waals surface area contributed by atoms with E-state index in [0.717, 1.165) is 36.3 Å². The zero-order chi connectivity index (χ0) is 19.9. The minimum Gasteiger partial charge on any atom is -0.472 e. The first-order chi connectivity index (χ1) is 13.4. The monoisotopic (exact) mass is 383 g/mol. The highest BCUT2D eigenvalue weighted by molar-refractivity contribution is 5.98. The van der Waals surface area contributed by atoms with Crippen molar-refractivity contribution in [1.29, 1.82) is 0 Å². The molecule has 8 nitrogen and oxygen atoms in total. The van der Waals surface area contributed by atoms with Gasteiger partial charge in [0.15, 0.2) is 0 Å². The number of hydrogen-bond acceptors (Lipinski definition) is 4. The summed E-state index contributed by atoms with van der Waals surface area (Å²) >= 11 is 0. The summed E-state index contributed by atoms with van der Waals surface area (Å²) in [6, 6.07) is 2.96. The second kappa shape index (κ2) is 6.85. The molecule has 148 valence electrons. The van der Waals surface area contributed by atoms with Crippen LogP contribution in [0, 0.1) is 19.3 Å². The van der Waals surface area contributed by atoms with Crippen LogP contribution in [0.25, 0.3) is 0 Å². The van der Waals surface area contributed by atoms with Gasteiger partial charge >= 0.3 is 6.03 Å². The molecule has 3 amide bonds. The van der Waals surface area contributed by atoms with Crippen molar-refractivity contribution in [2.24, 2.45) is 5.41 Å². The lowest BCUT2D eigenvalue weighted by molar-refractivity contribution is -0.118. The number of urea groups is 1. The van der Waals surface area contributed by atoms with Crippen LogP contribution < -0.4 is 16.0 Å². The molecule has 0 bridgehead atoms. The topological polar surface area (TPSA) is 101 Å². The van der Waals surface area contributed by atoms with Gasteiger partial charge in [-0.05, 0) is 45.7 Å². The zero-order valence-electron chi connectivity index (χ0n) is 16.3. The SMILES string of the molecule is CC1=C(C(=O)NCC2(Cn3nc(C)cc3C)CC2)C(c2ccoc2)NC(=O)N1. The quantitative estimate of drug-likeness (QED) is 0.712. The number of nitrogens with one attached hydrogen (secondary N) is 3. The van der Waals surface area contributed by atoms with E-state index in [2.05, 4.69) is 34.0 Å². The zero-order valence-corrected chi connectivity index (χ0v) is 16.3. The lowest BCUT2D eigenvalue weighted by atomic mass is 9.96. The molecule has 1 unspecified atom stereocenters. The highest BCUT2D eigenvalue weighted by atomic mass is 16.3. The van der Waals surface area contributed by atoms with Gasteiger partial charge in [0.1, 0.15) is 0 Å². The molecule has 0 saturated heterocycles. The molecule has 2 aliphatic rings. The fourth-order valence-corrected chi connectivity index (χ4v) is 3.77. The van der Waals surface area contributed by atoms with Crippen LogP contribution in [-0.4, -0.2) is 28.3 Å². The van der Waals surface area contributed by atoms with Gasteiger partial charge in [0.2, 0.25) is 0 Å². The summed E-state index contributed by atoms with van der Waals surface area (Å²) in [5.74, 6) is -0.184. The number of rotatable bonds is 6. The van der Waals surface area contributed by atoms with Gasteiger partial charge in [0.05, 0.1) is 29.8 Å². The second-order valence-corrected chi connectivity index (χ2v) is 7.89. The fraction of sp³-hybridized carbons (Fsp3) is 0.450. The smallest absolute Gasteiger partial charge is 0.319 e. The number of furan rings is 1. The highest BCUT2D eigenvalue weighted by Crippen LogP contribution is 2.46. The maximum Gasteiger partial charge on any atom is 0.319 e. The van der Waals surface area contributed by atoms with Gasteiger partial charge in [0.25, 0.3) is 5.91 Å². The number of carbonyl (C=O) groups is 2. The minimum atomic E-state index is -0.529. The summed E-state index contributed by atoms with van der Waals surface area (Å²) in [5, 5.41) is 13.1. The van der Waals surface area contributed by atoms with Gasteiger partial charge in [-0.2, -0.15) is 5.10 Å². The summed E-state index contributed by atoms with van der Waals surface area (Å²) in [6.45, 7) is 7.15. The lowest BCUT2D eigenvalue weighted by Gasteiger charge is -2.28. The first kappa shape index (κ1) is 18.3. The molecule has 2 aromatic heterocycles. The van der Waals surface area contributed by atoms with Crippen molar-refractivity contribution < 1.29 is 14.0 Å². The first-order valence-corrected chi connectivity index (χ1v) is 9.46. The van der Waals surface area contributed by atoms with Crippen LogP contribution in [0.4, 0.5) is 4.79 Å².